The van der Waals surface area contributed by atoms with Gasteiger partial charge in [-0.25, -0.2) is 5.01 Å². The fraction of sp³-hybridized carbons (Fsp3) is 0.211. The molecular formula is C19H16Cl2N2O3. The number of nitrogens with zero attached hydrogens (tertiary/aromatic N) is 2. The van der Waals surface area contributed by atoms with E-state index in [1.165, 1.54) is 0 Å². The van der Waals surface area contributed by atoms with Crippen LogP contribution in [-0.2, 0) is 16.1 Å². The third kappa shape index (κ3) is 3.74. The van der Waals surface area contributed by atoms with E-state index in [0.29, 0.717) is 17.0 Å². The summed E-state index contributed by atoms with van der Waals surface area (Å²) in [4.78, 5) is 37.9. The van der Waals surface area contributed by atoms with Crippen molar-refractivity contribution in [3.63, 3.8) is 0 Å². The summed E-state index contributed by atoms with van der Waals surface area (Å²) < 4.78 is 0. The molecule has 1 fully saturated rings. The zero-order valence-electron chi connectivity index (χ0n) is 13.8. The van der Waals surface area contributed by atoms with Crippen molar-refractivity contribution in [3.8, 4) is 0 Å². The summed E-state index contributed by atoms with van der Waals surface area (Å²) in [6.45, 7) is -0.0127. The number of imide groups is 1. The number of piperidine rings is 1. The summed E-state index contributed by atoms with van der Waals surface area (Å²) in [5.74, 6) is -1.35. The lowest BCUT2D eigenvalue weighted by atomic mass is 10.1. The van der Waals surface area contributed by atoms with Crippen LogP contribution in [0, 0.1) is 0 Å². The standard InChI is InChI=1S/C19H16Cl2N2O3/c20-15-8-3-1-6-13(15)12-22(23-17(24)10-5-11-18(23)25)19(26)14-7-2-4-9-16(14)21/h1-4,6-9H,5,10-12H2. The first-order valence-corrected chi connectivity index (χ1v) is 8.90. The minimum Gasteiger partial charge on any atom is -0.273 e. The molecular weight excluding hydrogens is 375 g/mol. The molecule has 5 nitrogen and oxygen atoms in total. The number of rotatable bonds is 4. The molecule has 2 aromatic rings. The SMILES string of the molecule is O=C(c1ccccc1Cl)N(Cc1ccccc1Cl)N1C(=O)CCCC1=O. The molecule has 0 unspecified atom stereocenters. The normalized spacial score (nSPS) is 14.5. The van der Waals surface area contributed by atoms with Crippen LogP contribution in [0.2, 0.25) is 10.0 Å². The molecule has 0 bridgehead atoms. The maximum Gasteiger partial charge on any atom is 0.274 e. The van der Waals surface area contributed by atoms with E-state index in [1.807, 2.05) is 0 Å². The van der Waals surface area contributed by atoms with Gasteiger partial charge in [-0.2, -0.15) is 5.01 Å². The molecule has 3 rings (SSSR count). The van der Waals surface area contributed by atoms with Crippen LogP contribution < -0.4 is 0 Å². The monoisotopic (exact) mass is 390 g/mol. The van der Waals surface area contributed by atoms with Crippen LogP contribution in [-0.4, -0.2) is 27.7 Å². The van der Waals surface area contributed by atoms with Gasteiger partial charge < -0.3 is 0 Å². The predicted molar refractivity (Wildman–Crippen MR) is 98.5 cm³/mol. The smallest absolute Gasteiger partial charge is 0.273 e. The van der Waals surface area contributed by atoms with Gasteiger partial charge in [0.25, 0.3) is 5.91 Å². The van der Waals surface area contributed by atoms with Gasteiger partial charge in [-0.1, -0.05) is 53.5 Å². The highest BCUT2D eigenvalue weighted by Crippen LogP contribution is 2.25. The van der Waals surface area contributed by atoms with Crippen molar-refractivity contribution in [1.82, 2.24) is 10.0 Å². The Hall–Kier alpha value is -2.37. The van der Waals surface area contributed by atoms with Gasteiger partial charge in [0.1, 0.15) is 0 Å². The van der Waals surface area contributed by atoms with Crippen molar-refractivity contribution in [2.45, 2.75) is 25.8 Å². The van der Waals surface area contributed by atoms with E-state index >= 15 is 0 Å². The van der Waals surface area contributed by atoms with Gasteiger partial charge in [-0.3, -0.25) is 14.4 Å². The quantitative estimate of drug-likeness (QED) is 0.738. The summed E-state index contributed by atoms with van der Waals surface area (Å²) in [6, 6.07) is 13.5. The Morgan fingerprint density at radius 1 is 0.923 bits per heavy atom. The Kier molecular flexibility index (Phi) is 5.59. The number of benzene rings is 2. The van der Waals surface area contributed by atoms with E-state index in [0.717, 1.165) is 10.0 Å². The lowest BCUT2D eigenvalue weighted by molar-refractivity contribution is -0.164. The van der Waals surface area contributed by atoms with Gasteiger partial charge in [0.2, 0.25) is 11.8 Å². The number of hydrogen-bond acceptors (Lipinski definition) is 3. The first-order chi connectivity index (χ1) is 12.5. The summed E-state index contributed by atoms with van der Waals surface area (Å²) in [5.41, 5.74) is 0.841. The molecule has 0 radical (unpaired) electrons. The van der Waals surface area contributed by atoms with Crippen LogP contribution in [0.4, 0.5) is 0 Å². The summed E-state index contributed by atoms with van der Waals surface area (Å²) in [6.07, 6.45) is 0.898. The zero-order chi connectivity index (χ0) is 18.7. The number of hydrazine groups is 1. The Balaban J connectivity index is 2.02. The molecule has 0 atom stereocenters. The maximum absolute atomic E-state index is 13.1. The van der Waals surface area contributed by atoms with Gasteiger partial charge in [0.05, 0.1) is 17.1 Å². The van der Waals surface area contributed by atoms with Crippen molar-refractivity contribution in [1.29, 1.82) is 0 Å². The fourth-order valence-electron chi connectivity index (χ4n) is 2.81. The Morgan fingerprint density at radius 2 is 1.50 bits per heavy atom. The third-order valence-corrected chi connectivity index (χ3v) is 4.81. The molecule has 1 heterocycles. The van der Waals surface area contributed by atoms with Crippen LogP contribution >= 0.6 is 23.2 Å². The van der Waals surface area contributed by atoms with Gasteiger partial charge in [0.15, 0.2) is 0 Å². The lowest BCUT2D eigenvalue weighted by Crippen LogP contribution is -2.54. The molecule has 26 heavy (non-hydrogen) atoms. The van der Waals surface area contributed by atoms with Crippen molar-refractivity contribution < 1.29 is 14.4 Å². The van der Waals surface area contributed by atoms with Gasteiger partial charge >= 0.3 is 0 Å². The Labute approximate surface area is 161 Å². The Morgan fingerprint density at radius 3 is 2.12 bits per heavy atom. The second kappa shape index (κ2) is 7.89. The minimum atomic E-state index is -0.529. The van der Waals surface area contributed by atoms with Gasteiger partial charge in [-0.15, -0.1) is 0 Å². The third-order valence-electron chi connectivity index (χ3n) is 4.11. The second-order valence-corrected chi connectivity index (χ2v) is 6.70. The molecule has 1 aliphatic heterocycles. The number of hydrogen-bond donors (Lipinski definition) is 0. The highest BCUT2D eigenvalue weighted by molar-refractivity contribution is 6.34. The molecule has 1 aliphatic rings. The number of halogens is 2. The molecule has 134 valence electrons. The van der Waals surface area contributed by atoms with Crippen molar-refractivity contribution >= 4 is 40.9 Å². The van der Waals surface area contributed by atoms with Crippen molar-refractivity contribution in [2.75, 3.05) is 0 Å². The van der Waals surface area contributed by atoms with Crippen LogP contribution in [0.3, 0.4) is 0 Å². The molecule has 0 N–H and O–H groups in total. The van der Waals surface area contributed by atoms with Crippen LogP contribution in [0.25, 0.3) is 0 Å². The molecule has 0 spiro atoms. The van der Waals surface area contributed by atoms with E-state index in [-0.39, 0.29) is 30.0 Å². The number of carbonyl (C=O) groups excluding carboxylic acids is 3. The second-order valence-electron chi connectivity index (χ2n) is 5.89. The Bertz CT molecular complexity index is 853. The van der Waals surface area contributed by atoms with Crippen molar-refractivity contribution in [3.05, 3.63) is 69.7 Å². The van der Waals surface area contributed by atoms with E-state index in [9.17, 15) is 14.4 Å². The van der Waals surface area contributed by atoms with E-state index in [4.69, 9.17) is 23.2 Å². The molecule has 2 aromatic carbocycles. The fourth-order valence-corrected chi connectivity index (χ4v) is 3.22. The van der Waals surface area contributed by atoms with Crippen LogP contribution in [0.1, 0.15) is 35.2 Å². The molecule has 0 aliphatic carbocycles. The molecule has 0 aromatic heterocycles. The first kappa shape index (κ1) is 18.4. The first-order valence-electron chi connectivity index (χ1n) is 8.14. The van der Waals surface area contributed by atoms with Crippen LogP contribution in [0.15, 0.2) is 48.5 Å². The van der Waals surface area contributed by atoms with Gasteiger partial charge in [0, 0.05) is 17.9 Å². The van der Waals surface area contributed by atoms with Crippen LogP contribution in [0.5, 0.6) is 0 Å². The van der Waals surface area contributed by atoms with E-state index < -0.39 is 17.7 Å². The summed E-state index contributed by atoms with van der Waals surface area (Å²) >= 11 is 12.4. The van der Waals surface area contributed by atoms with Gasteiger partial charge in [-0.05, 0) is 30.2 Å². The largest absolute Gasteiger partial charge is 0.274 e. The maximum atomic E-state index is 13.1. The average molecular weight is 391 g/mol. The van der Waals surface area contributed by atoms with E-state index in [2.05, 4.69) is 0 Å². The lowest BCUT2D eigenvalue weighted by Gasteiger charge is -2.35. The highest BCUT2D eigenvalue weighted by Gasteiger charge is 2.35. The topological polar surface area (TPSA) is 57.7 Å². The average Bonchev–Trinajstić information content (AvgIpc) is 2.62. The summed E-state index contributed by atoms with van der Waals surface area (Å²) in [5, 5.41) is 2.75. The predicted octanol–water partition coefficient (Wildman–Crippen LogP) is 4.09. The molecule has 7 heteroatoms. The zero-order valence-corrected chi connectivity index (χ0v) is 15.3. The molecule has 1 saturated heterocycles. The van der Waals surface area contributed by atoms with Crippen molar-refractivity contribution in [2.24, 2.45) is 0 Å². The van der Waals surface area contributed by atoms with E-state index in [1.54, 1.807) is 48.5 Å². The minimum absolute atomic E-state index is 0.0127. The number of amides is 3. The number of carbonyl (C=O) groups is 3. The summed E-state index contributed by atoms with van der Waals surface area (Å²) in [7, 11) is 0. The molecule has 0 saturated carbocycles. The molecule has 3 amide bonds. The highest BCUT2D eigenvalue weighted by atomic mass is 35.5.